The summed E-state index contributed by atoms with van der Waals surface area (Å²) in [6.45, 7) is 2.09. The summed E-state index contributed by atoms with van der Waals surface area (Å²) in [5.74, 6) is 0. The Morgan fingerprint density at radius 1 is 1.18 bits per heavy atom. The van der Waals surface area contributed by atoms with E-state index in [-0.39, 0.29) is 0 Å². The molecule has 1 aromatic carbocycles. The monoisotopic (exact) mass is 294 g/mol. The number of hydrogen-bond donors (Lipinski definition) is 0. The zero-order chi connectivity index (χ0) is 12.1. The Kier molecular flexibility index (Phi) is 4.29. The molecule has 1 aromatic rings. The average Bonchev–Trinajstić information content (AvgIpc) is 2.60. The van der Waals surface area contributed by atoms with Gasteiger partial charge in [-0.1, -0.05) is 33.9 Å². The van der Waals surface area contributed by atoms with Crippen LogP contribution in [0.25, 0.3) is 10.4 Å². The van der Waals surface area contributed by atoms with E-state index in [1.165, 1.54) is 25.7 Å². The van der Waals surface area contributed by atoms with Gasteiger partial charge in [0.25, 0.3) is 0 Å². The van der Waals surface area contributed by atoms with Gasteiger partial charge in [-0.15, -0.1) is 0 Å². The van der Waals surface area contributed by atoms with Crippen molar-refractivity contribution in [3.63, 3.8) is 0 Å². The van der Waals surface area contributed by atoms with Crippen molar-refractivity contribution in [2.75, 3.05) is 18.0 Å². The fraction of sp³-hybridized carbons (Fsp3) is 0.500. The molecule has 0 aliphatic carbocycles. The summed E-state index contributed by atoms with van der Waals surface area (Å²) in [5, 5.41) is 3.77. The van der Waals surface area contributed by atoms with E-state index >= 15 is 0 Å². The smallest absolute Gasteiger partial charge is 0.0609 e. The number of benzene rings is 1. The Labute approximate surface area is 109 Å². The number of anilines is 1. The maximum Gasteiger partial charge on any atom is 0.0609 e. The Hall–Kier alpha value is -1.19. The van der Waals surface area contributed by atoms with Crippen LogP contribution in [0.5, 0.6) is 0 Å². The van der Waals surface area contributed by atoms with Gasteiger partial charge >= 0.3 is 0 Å². The molecular weight excluding hydrogens is 280 g/mol. The van der Waals surface area contributed by atoms with Crippen molar-refractivity contribution >= 4 is 27.3 Å². The second kappa shape index (κ2) is 5.94. The molecule has 4 nitrogen and oxygen atoms in total. The van der Waals surface area contributed by atoms with Crippen molar-refractivity contribution in [3.05, 3.63) is 33.1 Å². The average molecular weight is 295 g/mol. The third kappa shape index (κ3) is 3.14. The molecule has 1 fully saturated rings. The Morgan fingerprint density at radius 3 is 2.53 bits per heavy atom. The van der Waals surface area contributed by atoms with Gasteiger partial charge in [0, 0.05) is 28.2 Å². The molecule has 1 heterocycles. The maximum atomic E-state index is 8.60. The molecule has 0 saturated carbocycles. The minimum atomic E-state index is 0.720. The van der Waals surface area contributed by atoms with Gasteiger partial charge in [-0.3, -0.25) is 0 Å². The molecule has 17 heavy (non-hydrogen) atoms. The van der Waals surface area contributed by atoms with Crippen molar-refractivity contribution < 1.29 is 0 Å². The van der Waals surface area contributed by atoms with Gasteiger partial charge in [-0.25, -0.2) is 0 Å². The van der Waals surface area contributed by atoms with Gasteiger partial charge in [-0.05, 0) is 36.6 Å². The summed E-state index contributed by atoms with van der Waals surface area (Å²) < 4.78 is 1.02. The van der Waals surface area contributed by atoms with E-state index in [0.29, 0.717) is 0 Å². The molecule has 0 spiro atoms. The van der Waals surface area contributed by atoms with Crippen molar-refractivity contribution in [1.29, 1.82) is 0 Å². The lowest BCUT2D eigenvalue weighted by molar-refractivity contribution is 0.726. The topological polar surface area (TPSA) is 52.0 Å². The van der Waals surface area contributed by atoms with Crippen LogP contribution in [0.4, 0.5) is 11.4 Å². The van der Waals surface area contributed by atoms with Crippen molar-refractivity contribution in [3.8, 4) is 0 Å². The van der Waals surface area contributed by atoms with Gasteiger partial charge in [0.05, 0.1) is 5.69 Å². The highest BCUT2D eigenvalue weighted by Gasteiger charge is 2.13. The van der Waals surface area contributed by atoms with Crippen LogP contribution in [0.2, 0.25) is 0 Å². The van der Waals surface area contributed by atoms with Gasteiger partial charge in [0.15, 0.2) is 0 Å². The molecular formula is C12H15BrN4. The second-order valence-corrected chi connectivity index (χ2v) is 5.14. The molecule has 90 valence electrons. The molecule has 1 aliphatic rings. The number of hydrogen-bond acceptors (Lipinski definition) is 2. The Balaban J connectivity index is 2.33. The predicted molar refractivity (Wildman–Crippen MR) is 73.6 cm³/mol. The minimum Gasteiger partial charge on any atom is -0.371 e. The highest BCUT2D eigenvalue weighted by molar-refractivity contribution is 9.10. The Morgan fingerprint density at radius 2 is 1.88 bits per heavy atom. The first-order chi connectivity index (χ1) is 8.31. The fourth-order valence-electron chi connectivity index (χ4n) is 2.19. The molecule has 0 amide bonds. The third-order valence-electron chi connectivity index (χ3n) is 3.04. The zero-order valence-corrected chi connectivity index (χ0v) is 11.2. The van der Waals surface area contributed by atoms with Crippen LogP contribution in [0.3, 0.4) is 0 Å². The SMILES string of the molecule is [N-]=[N+]=Nc1ccc(Br)cc1N1CCCCCC1. The first kappa shape index (κ1) is 12.3. The largest absolute Gasteiger partial charge is 0.371 e. The van der Waals surface area contributed by atoms with E-state index in [1.54, 1.807) is 0 Å². The van der Waals surface area contributed by atoms with E-state index in [1.807, 2.05) is 18.2 Å². The van der Waals surface area contributed by atoms with Gasteiger partial charge in [-0.2, -0.15) is 0 Å². The maximum absolute atomic E-state index is 8.60. The summed E-state index contributed by atoms with van der Waals surface area (Å²) in [5.41, 5.74) is 10.4. The lowest BCUT2D eigenvalue weighted by atomic mass is 10.2. The van der Waals surface area contributed by atoms with E-state index < -0.39 is 0 Å². The number of halogens is 1. The molecule has 0 radical (unpaired) electrons. The van der Waals surface area contributed by atoms with E-state index in [4.69, 9.17) is 5.53 Å². The van der Waals surface area contributed by atoms with Crippen LogP contribution in [0, 0.1) is 0 Å². The summed E-state index contributed by atoms with van der Waals surface area (Å²) >= 11 is 3.47. The van der Waals surface area contributed by atoms with Gasteiger partial charge < -0.3 is 4.90 Å². The lowest BCUT2D eigenvalue weighted by Gasteiger charge is -2.24. The molecule has 1 aliphatic heterocycles. The molecule has 5 heteroatoms. The van der Waals surface area contributed by atoms with Crippen LogP contribution in [-0.2, 0) is 0 Å². The highest BCUT2D eigenvalue weighted by Crippen LogP contribution is 2.33. The minimum absolute atomic E-state index is 0.720. The normalized spacial score (nSPS) is 16.2. The summed E-state index contributed by atoms with van der Waals surface area (Å²) in [7, 11) is 0. The molecule has 0 bridgehead atoms. The molecule has 0 aromatic heterocycles. The van der Waals surface area contributed by atoms with Crippen molar-refractivity contribution in [2.24, 2.45) is 5.11 Å². The Bertz CT molecular complexity index is 432. The van der Waals surface area contributed by atoms with E-state index in [2.05, 4.69) is 30.9 Å². The van der Waals surface area contributed by atoms with Crippen LogP contribution in [0.1, 0.15) is 25.7 Å². The summed E-state index contributed by atoms with van der Waals surface area (Å²) in [6.07, 6.45) is 5.01. The molecule has 0 unspecified atom stereocenters. The molecule has 1 saturated heterocycles. The fourth-order valence-corrected chi connectivity index (χ4v) is 2.54. The van der Waals surface area contributed by atoms with Crippen molar-refractivity contribution in [2.45, 2.75) is 25.7 Å². The lowest BCUT2D eigenvalue weighted by Crippen LogP contribution is -2.23. The van der Waals surface area contributed by atoms with Crippen LogP contribution < -0.4 is 4.90 Å². The summed E-state index contributed by atoms with van der Waals surface area (Å²) in [6, 6.07) is 5.81. The number of rotatable bonds is 2. The van der Waals surface area contributed by atoms with Gasteiger partial charge in [0.2, 0.25) is 0 Å². The first-order valence-electron chi connectivity index (χ1n) is 5.91. The van der Waals surface area contributed by atoms with Gasteiger partial charge in [0.1, 0.15) is 0 Å². The van der Waals surface area contributed by atoms with E-state index in [9.17, 15) is 0 Å². The second-order valence-electron chi connectivity index (χ2n) is 4.22. The standard InChI is InChI=1S/C12H15BrN4/c13-10-5-6-11(15-16-14)12(9-10)17-7-3-1-2-4-8-17/h5-6,9H,1-4,7-8H2. The van der Waals surface area contributed by atoms with Crippen LogP contribution >= 0.6 is 15.9 Å². The molecule has 2 rings (SSSR count). The molecule has 0 N–H and O–H groups in total. The number of azide groups is 1. The van der Waals surface area contributed by atoms with Crippen LogP contribution in [0.15, 0.2) is 27.8 Å². The quantitative estimate of drug-likeness (QED) is 0.440. The summed E-state index contributed by atoms with van der Waals surface area (Å²) in [4.78, 5) is 5.22. The van der Waals surface area contributed by atoms with Crippen molar-refractivity contribution in [1.82, 2.24) is 0 Å². The highest BCUT2D eigenvalue weighted by atomic mass is 79.9. The number of nitrogens with zero attached hydrogens (tertiary/aromatic N) is 4. The molecule has 0 atom stereocenters. The third-order valence-corrected chi connectivity index (χ3v) is 3.53. The zero-order valence-electron chi connectivity index (χ0n) is 9.64. The van der Waals surface area contributed by atoms with E-state index in [0.717, 1.165) is 28.9 Å². The van der Waals surface area contributed by atoms with Crippen LogP contribution in [-0.4, -0.2) is 13.1 Å². The predicted octanol–water partition coefficient (Wildman–Crippen LogP) is 4.77. The first-order valence-corrected chi connectivity index (χ1v) is 6.70.